The maximum Gasteiger partial charge on any atom is 0.336 e. The molecule has 80 valence electrons. The highest BCUT2D eigenvalue weighted by Gasteiger charge is 2.15. The molecule has 1 rings (SSSR count). The summed E-state index contributed by atoms with van der Waals surface area (Å²) in [4.78, 5) is 21.5. The maximum absolute atomic E-state index is 10.7. The van der Waals surface area contributed by atoms with Crippen LogP contribution in [-0.2, 0) is 4.79 Å². The van der Waals surface area contributed by atoms with E-state index in [0.717, 1.165) is 0 Å². The molecule has 0 saturated carbocycles. The quantitative estimate of drug-likeness (QED) is 0.665. The lowest BCUT2D eigenvalue weighted by Gasteiger charge is -2.07. The first kappa shape index (κ1) is 12.2. The molecule has 1 aromatic rings. The van der Waals surface area contributed by atoms with Crippen molar-refractivity contribution < 1.29 is 19.4 Å². The van der Waals surface area contributed by atoms with Crippen molar-refractivity contribution in [2.45, 2.75) is 6.92 Å². The summed E-state index contributed by atoms with van der Waals surface area (Å²) >= 11 is 6.24. The van der Waals surface area contributed by atoms with Crippen molar-refractivity contribution in [3.63, 3.8) is 0 Å². The van der Waals surface area contributed by atoms with Crippen molar-refractivity contribution in [3.8, 4) is 5.75 Å². The summed E-state index contributed by atoms with van der Waals surface area (Å²) in [5, 5.41) is 8.80. The van der Waals surface area contributed by atoms with E-state index in [9.17, 15) is 9.59 Å². The molecule has 0 atom stereocenters. The van der Waals surface area contributed by atoms with E-state index in [4.69, 9.17) is 9.84 Å². The lowest BCUT2D eigenvalue weighted by atomic mass is 10.2. The Morgan fingerprint density at radius 2 is 1.87 bits per heavy atom. The standard InChI is InChI=1S/C9H6Br2O4/c1-4(12)15-6-3-2-5(9(13)14)7(10)8(6)11/h2-3H,1H3,(H,13,14). The minimum Gasteiger partial charge on any atom is -0.478 e. The van der Waals surface area contributed by atoms with Crippen LogP contribution in [0.2, 0.25) is 0 Å². The van der Waals surface area contributed by atoms with Crippen LogP contribution >= 0.6 is 31.9 Å². The highest BCUT2D eigenvalue weighted by molar-refractivity contribution is 9.13. The van der Waals surface area contributed by atoms with Gasteiger partial charge in [-0.3, -0.25) is 4.79 Å². The number of carboxylic acids is 1. The fraction of sp³-hybridized carbons (Fsp3) is 0.111. The van der Waals surface area contributed by atoms with Gasteiger partial charge in [-0.25, -0.2) is 4.79 Å². The molecule has 1 N–H and O–H groups in total. The van der Waals surface area contributed by atoms with Crippen LogP contribution < -0.4 is 4.74 Å². The van der Waals surface area contributed by atoms with Gasteiger partial charge in [0.1, 0.15) is 5.75 Å². The third-order valence-electron chi connectivity index (χ3n) is 1.53. The van der Waals surface area contributed by atoms with Crippen LogP contribution in [0.15, 0.2) is 21.1 Å². The van der Waals surface area contributed by atoms with Crippen LogP contribution in [-0.4, -0.2) is 17.0 Å². The molecule has 0 aromatic heterocycles. The van der Waals surface area contributed by atoms with Crippen molar-refractivity contribution in [2.24, 2.45) is 0 Å². The molecular weight excluding hydrogens is 332 g/mol. The average molecular weight is 338 g/mol. The topological polar surface area (TPSA) is 63.6 Å². The van der Waals surface area contributed by atoms with Crippen LogP contribution in [0.25, 0.3) is 0 Å². The van der Waals surface area contributed by atoms with Crippen LogP contribution in [0, 0.1) is 0 Å². The average Bonchev–Trinajstić information content (AvgIpc) is 2.12. The number of halogens is 2. The smallest absolute Gasteiger partial charge is 0.336 e. The number of carbonyl (C=O) groups is 2. The van der Waals surface area contributed by atoms with Gasteiger partial charge in [-0.2, -0.15) is 0 Å². The first-order valence-electron chi connectivity index (χ1n) is 3.83. The summed E-state index contributed by atoms with van der Waals surface area (Å²) in [6.45, 7) is 1.27. The first-order chi connectivity index (χ1) is 6.93. The molecule has 4 nitrogen and oxygen atoms in total. The van der Waals surface area contributed by atoms with Gasteiger partial charge in [0, 0.05) is 6.92 Å². The molecule has 0 aliphatic carbocycles. The number of aromatic carboxylic acids is 1. The van der Waals surface area contributed by atoms with Crippen molar-refractivity contribution >= 4 is 43.8 Å². The van der Waals surface area contributed by atoms with E-state index >= 15 is 0 Å². The van der Waals surface area contributed by atoms with Gasteiger partial charge in [-0.05, 0) is 44.0 Å². The SMILES string of the molecule is CC(=O)Oc1ccc(C(=O)O)c(Br)c1Br. The molecule has 15 heavy (non-hydrogen) atoms. The van der Waals surface area contributed by atoms with E-state index in [1.807, 2.05) is 0 Å². The molecule has 0 unspecified atom stereocenters. The largest absolute Gasteiger partial charge is 0.478 e. The van der Waals surface area contributed by atoms with Gasteiger partial charge in [0.15, 0.2) is 0 Å². The summed E-state index contributed by atoms with van der Waals surface area (Å²) in [5.74, 6) is -1.25. The number of ether oxygens (including phenoxy) is 1. The van der Waals surface area contributed by atoms with E-state index in [-0.39, 0.29) is 11.3 Å². The number of hydrogen-bond acceptors (Lipinski definition) is 3. The molecule has 0 heterocycles. The van der Waals surface area contributed by atoms with E-state index in [0.29, 0.717) is 8.95 Å². The Bertz CT molecular complexity index is 428. The molecule has 6 heteroatoms. The Morgan fingerprint density at radius 3 is 2.33 bits per heavy atom. The van der Waals surface area contributed by atoms with E-state index in [1.165, 1.54) is 19.1 Å². The Morgan fingerprint density at radius 1 is 1.27 bits per heavy atom. The third kappa shape index (κ3) is 2.79. The lowest BCUT2D eigenvalue weighted by Crippen LogP contribution is -2.04. The highest BCUT2D eigenvalue weighted by atomic mass is 79.9. The fourth-order valence-corrected chi connectivity index (χ4v) is 1.85. The van der Waals surface area contributed by atoms with Gasteiger partial charge in [0.25, 0.3) is 0 Å². The van der Waals surface area contributed by atoms with Gasteiger partial charge in [-0.1, -0.05) is 0 Å². The van der Waals surface area contributed by atoms with Crippen molar-refractivity contribution in [3.05, 3.63) is 26.6 Å². The van der Waals surface area contributed by atoms with Gasteiger partial charge < -0.3 is 9.84 Å². The van der Waals surface area contributed by atoms with Crippen LogP contribution in [0.1, 0.15) is 17.3 Å². The van der Waals surface area contributed by atoms with Crippen molar-refractivity contribution in [2.75, 3.05) is 0 Å². The predicted molar refractivity (Wildman–Crippen MR) is 60.1 cm³/mol. The van der Waals surface area contributed by atoms with Gasteiger partial charge in [-0.15, -0.1) is 0 Å². The monoisotopic (exact) mass is 336 g/mol. The second kappa shape index (κ2) is 4.76. The zero-order chi connectivity index (χ0) is 11.6. The second-order valence-corrected chi connectivity index (χ2v) is 4.22. The van der Waals surface area contributed by atoms with Gasteiger partial charge in [0.2, 0.25) is 0 Å². The highest BCUT2D eigenvalue weighted by Crippen LogP contribution is 2.35. The van der Waals surface area contributed by atoms with E-state index < -0.39 is 11.9 Å². The predicted octanol–water partition coefficient (Wildman–Crippen LogP) is 2.84. The third-order valence-corrected chi connectivity index (χ3v) is 3.67. The Kier molecular flexibility index (Phi) is 3.87. The molecule has 0 radical (unpaired) electrons. The molecule has 0 fully saturated rings. The minimum atomic E-state index is -1.06. The van der Waals surface area contributed by atoms with Crippen LogP contribution in [0.4, 0.5) is 0 Å². The summed E-state index contributed by atoms with van der Waals surface area (Å²) in [5.41, 5.74) is 0.0952. The molecule has 1 aromatic carbocycles. The number of esters is 1. The van der Waals surface area contributed by atoms with Crippen molar-refractivity contribution in [1.29, 1.82) is 0 Å². The summed E-state index contributed by atoms with van der Waals surface area (Å²) in [7, 11) is 0. The molecule has 0 amide bonds. The Balaban J connectivity index is 3.21. The summed E-state index contributed by atoms with van der Waals surface area (Å²) < 4.78 is 5.59. The van der Waals surface area contributed by atoms with Gasteiger partial charge in [0.05, 0.1) is 14.5 Å². The number of hydrogen-bond donors (Lipinski definition) is 1. The summed E-state index contributed by atoms with van der Waals surface area (Å²) in [6, 6.07) is 2.77. The lowest BCUT2D eigenvalue weighted by molar-refractivity contribution is -0.131. The first-order valence-corrected chi connectivity index (χ1v) is 5.41. The zero-order valence-corrected chi connectivity index (χ0v) is 10.8. The molecule has 0 aliphatic rings. The normalized spacial score (nSPS) is 9.80. The molecule has 0 saturated heterocycles. The molecular formula is C9H6Br2O4. The fourth-order valence-electron chi connectivity index (χ4n) is 0.931. The number of benzene rings is 1. The molecule has 0 bridgehead atoms. The van der Waals surface area contributed by atoms with Crippen LogP contribution in [0.5, 0.6) is 5.75 Å². The van der Waals surface area contributed by atoms with Crippen LogP contribution in [0.3, 0.4) is 0 Å². The van der Waals surface area contributed by atoms with Crippen molar-refractivity contribution in [1.82, 2.24) is 0 Å². The molecule has 0 spiro atoms. The number of carbonyl (C=O) groups excluding carboxylic acids is 1. The maximum atomic E-state index is 10.7. The minimum absolute atomic E-state index is 0.0952. The van der Waals surface area contributed by atoms with E-state index in [2.05, 4.69) is 31.9 Å². The number of carboxylic acid groups (broad SMARTS) is 1. The zero-order valence-electron chi connectivity index (χ0n) is 7.58. The number of rotatable bonds is 2. The summed E-state index contributed by atoms with van der Waals surface area (Å²) in [6.07, 6.45) is 0. The Labute approximate surface area is 102 Å². The molecule has 0 aliphatic heterocycles. The Hall–Kier alpha value is -0.880. The second-order valence-electron chi connectivity index (χ2n) is 2.64. The van der Waals surface area contributed by atoms with E-state index in [1.54, 1.807) is 0 Å². The van der Waals surface area contributed by atoms with Gasteiger partial charge >= 0.3 is 11.9 Å².